The Labute approximate surface area is 132 Å². The van der Waals surface area contributed by atoms with Gasteiger partial charge in [-0.2, -0.15) is 0 Å². The zero-order valence-corrected chi connectivity index (χ0v) is 13.8. The van der Waals surface area contributed by atoms with Gasteiger partial charge in [0.2, 0.25) is 0 Å². The van der Waals surface area contributed by atoms with Crippen molar-refractivity contribution >= 4 is 11.6 Å². The molecule has 2 fully saturated rings. The maximum atomic E-state index is 6.08. The van der Waals surface area contributed by atoms with E-state index in [0.29, 0.717) is 6.61 Å². The molecule has 3 rings (SSSR count). The first-order valence-corrected chi connectivity index (χ1v) is 8.06. The molecule has 2 aliphatic heterocycles. The number of morpholine rings is 1. The van der Waals surface area contributed by atoms with Crippen LogP contribution in [0.2, 0.25) is 0 Å². The number of ether oxygens (including phenoxy) is 2. The third kappa shape index (κ3) is 3.50. The normalized spacial score (nSPS) is 24.8. The Kier molecular flexibility index (Phi) is 4.49. The fraction of sp³-hybridized carbons (Fsp3) is 0.750. The molecule has 0 radical (unpaired) electrons. The molecular formula is C16H26N4O2. The maximum absolute atomic E-state index is 6.08. The molecule has 2 aliphatic rings. The van der Waals surface area contributed by atoms with Crippen LogP contribution in [-0.2, 0) is 9.47 Å². The van der Waals surface area contributed by atoms with Gasteiger partial charge in [0.1, 0.15) is 18.0 Å². The van der Waals surface area contributed by atoms with Crippen molar-refractivity contribution in [2.45, 2.75) is 38.4 Å². The molecule has 1 aromatic rings. The molecule has 0 saturated carbocycles. The zero-order valence-electron chi connectivity index (χ0n) is 13.8. The van der Waals surface area contributed by atoms with E-state index in [4.69, 9.17) is 9.47 Å². The molecule has 3 heterocycles. The van der Waals surface area contributed by atoms with Crippen molar-refractivity contribution in [3.8, 4) is 0 Å². The van der Waals surface area contributed by atoms with Gasteiger partial charge in [0.25, 0.3) is 0 Å². The average molecular weight is 306 g/mol. The fourth-order valence-electron chi connectivity index (χ4n) is 3.37. The minimum Gasteiger partial charge on any atom is -0.382 e. The molecular weight excluding hydrogens is 280 g/mol. The second kappa shape index (κ2) is 6.38. The molecule has 0 aliphatic carbocycles. The Morgan fingerprint density at radius 2 is 1.91 bits per heavy atom. The first kappa shape index (κ1) is 15.5. The van der Waals surface area contributed by atoms with Gasteiger partial charge in [0.15, 0.2) is 0 Å². The number of anilines is 2. The molecule has 0 aromatic carbocycles. The minimum absolute atomic E-state index is 0.0685. The van der Waals surface area contributed by atoms with Crippen LogP contribution in [0, 0.1) is 0 Å². The monoisotopic (exact) mass is 306 g/mol. The highest BCUT2D eigenvalue weighted by atomic mass is 16.5. The number of hydrogen-bond donors (Lipinski definition) is 0. The summed E-state index contributed by atoms with van der Waals surface area (Å²) in [4.78, 5) is 13.5. The van der Waals surface area contributed by atoms with Crippen LogP contribution in [0.1, 0.15) is 26.7 Å². The SMILES string of the molecule is COCC1CN(c2cc(N3CCCC3)ncn2)CC(C)(C)O1. The maximum Gasteiger partial charge on any atom is 0.134 e. The molecule has 2 saturated heterocycles. The summed E-state index contributed by atoms with van der Waals surface area (Å²) in [6.45, 7) is 8.64. The second-order valence-electron chi connectivity index (χ2n) is 6.76. The van der Waals surface area contributed by atoms with Crippen LogP contribution in [0.5, 0.6) is 0 Å². The third-order valence-electron chi connectivity index (χ3n) is 4.23. The highest BCUT2D eigenvalue weighted by molar-refractivity contribution is 5.51. The molecule has 1 unspecified atom stereocenters. The molecule has 1 aromatic heterocycles. The van der Waals surface area contributed by atoms with Crippen molar-refractivity contribution in [1.82, 2.24) is 9.97 Å². The Hall–Kier alpha value is -1.40. The molecule has 6 heteroatoms. The van der Waals surface area contributed by atoms with Gasteiger partial charge in [0.05, 0.1) is 18.3 Å². The van der Waals surface area contributed by atoms with Crippen molar-refractivity contribution in [3.05, 3.63) is 12.4 Å². The Morgan fingerprint density at radius 3 is 2.59 bits per heavy atom. The van der Waals surface area contributed by atoms with Gasteiger partial charge in [-0.1, -0.05) is 0 Å². The van der Waals surface area contributed by atoms with Crippen LogP contribution < -0.4 is 9.80 Å². The summed E-state index contributed by atoms with van der Waals surface area (Å²) >= 11 is 0. The first-order valence-electron chi connectivity index (χ1n) is 8.06. The predicted octanol–water partition coefficient (Wildman–Crippen LogP) is 1.71. The van der Waals surface area contributed by atoms with E-state index in [1.165, 1.54) is 12.8 Å². The van der Waals surface area contributed by atoms with E-state index in [1.807, 2.05) is 0 Å². The Balaban J connectivity index is 1.78. The predicted molar refractivity (Wildman–Crippen MR) is 86.5 cm³/mol. The van der Waals surface area contributed by atoms with Crippen molar-refractivity contribution in [2.24, 2.45) is 0 Å². The lowest BCUT2D eigenvalue weighted by molar-refractivity contribution is -0.106. The highest BCUT2D eigenvalue weighted by Gasteiger charge is 2.34. The van der Waals surface area contributed by atoms with Gasteiger partial charge in [-0.25, -0.2) is 9.97 Å². The number of hydrogen-bond acceptors (Lipinski definition) is 6. The Morgan fingerprint density at radius 1 is 1.23 bits per heavy atom. The summed E-state index contributed by atoms with van der Waals surface area (Å²) in [5, 5.41) is 0. The summed E-state index contributed by atoms with van der Waals surface area (Å²) in [5.74, 6) is 2.02. The zero-order chi connectivity index (χ0) is 15.6. The largest absolute Gasteiger partial charge is 0.382 e. The molecule has 0 spiro atoms. The highest BCUT2D eigenvalue weighted by Crippen LogP contribution is 2.27. The van der Waals surface area contributed by atoms with E-state index in [1.54, 1.807) is 13.4 Å². The average Bonchev–Trinajstić information content (AvgIpc) is 3.00. The van der Waals surface area contributed by atoms with Crippen LogP contribution in [0.4, 0.5) is 11.6 Å². The van der Waals surface area contributed by atoms with Crippen molar-refractivity contribution in [2.75, 3.05) is 49.7 Å². The molecule has 0 amide bonds. The summed E-state index contributed by atoms with van der Waals surface area (Å²) in [6, 6.07) is 2.11. The summed E-state index contributed by atoms with van der Waals surface area (Å²) < 4.78 is 11.3. The van der Waals surface area contributed by atoms with Crippen molar-refractivity contribution in [3.63, 3.8) is 0 Å². The fourth-order valence-corrected chi connectivity index (χ4v) is 3.37. The van der Waals surface area contributed by atoms with Gasteiger partial charge in [0, 0.05) is 39.4 Å². The first-order chi connectivity index (χ1) is 10.6. The lowest BCUT2D eigenvalue weighted by Gasteiger charge is -2.43. The smallest absolute Gasteiger partial charge is 0.134 e. The van der Waals surface area contributed by atoms with Crippen LogP contribution >= 0.6 is 0 Å². The van der Waals surface area contributed by atoms with E-state index in [9.17, 15) is 0 Å². The Bertz CT molecular complexity index is 503. The van der Waals surface area contributed by atoms with Gasteiger partial charge < -0.3 is 19.3 Å². The number of nitrogens with zero attached hydrogens (tertiary/aromatic N) is 4. The summed E-state index contributed by atoms with van der Waals surface area (Å²) in [5.41, 5.74) is -0.208. The molecule has 1 atom stereocenters. The summed E-state index contributed by atoms with van der Waals surface area (Å²) in [7, 11) is 1.71. The van der Waals surface area contributed by atoms with Crippen LogP contribution in [0.25, 0.3) is 0 Å². The number of aromatic nitrogens is 2. The van der Waals surface area contributed by atoms with Crippen molar-refractivity contribution < 1.29 is 9.47 Å². The van der Waals surface area contributed by atoms with E-state index >= 15 is 0 Å². The molecule has 6 nitrogen and oxygen atoms in total. The van der Waals surface area contributed by atoms with Crippen molar-refractivity contribution in [1.29, 1.82) is 0 Å². The topological polar surface area (TPSA) is 50.7 Å². The van der Waals surface area contributed by atoms with Gasteiger partial charge in [-0.3, -0.25) is 0 Å². The quantitative estimate of drug-likeness (QED) is 0.844. The second-order valence-corrected chi connectivity index (χ2v) is 6.76. The van der Waals surface area contributed by atoms with Gasteiger partial charge in [-0.05, 0) is 26.7 Å². The summed E-state index contributed by atoms with van der Waals surface area (Å²) in [6.07, 6.45) is 4.25. The molecule has 122 valence electrons. The lowest BCUT2D eigenvalue weighted by Crippen LogP contribution is -2.54. The van der Waals surface area contributed by atoms with E-state index in [2.05, 4.69) is 39.7 Å². The molecule has 0 N–H and O–H groups in total. The van der Waals surface area contributed by atoms with E-state index in [-0.39, 0.29) is 11.7 Å². The van der Waals surface area contributed by atoms with E-state index in [0.717, 1.165) is 37.8 Å². The minimum atomic E-state index is -0.208. The van der Waals surface area contributed by atoms with Gasteiger partial charge >= 0.3 is 0 Å². The van der Waals surface area contributed by atoms with Gasteiger partial charge in [-0.15, -0.1) is 0 Å². The standard InChI is InChI=1S/C16H26N4O2/c1-16(2)11-20(9-13(22-16)10-21-3)15-8-14(17-12-18-15)19-6-4-5-7-19/h8,12-13H,4-7,9-11H2,1-3H3. The number of methoxy groups -OCH3 is 1. The van der Waals surface area contributed by atoms with E-state index < -0.39 is 0 Å². The third-order valence-corrected chi connectivity index (χ3v) is 4.23. The lowest BCUT2D eigenvalue weighted by atomic mass is 10.1. The number of rotatable bonds is 4. The van der Waals surface area contributed by atoms with Crippen LogP contribution in [0.15, 0.2) is 12.4 Å². The van der Waals surface area contributed by atoms with Crippen LogP contribution in [-0.4, -0.2) is 61.6 Å². The molecule has 22 heavy (non-hydrogen) atoms. The van der Waals surface area contributed by atoms with Crippen LogP contribution in [0.3, 0.4) is 0 Å². The molecule has 0 bridgehead atoms.